The average Bonchev–Trinajstić information content (AvgIpc) is 3.70. The molecule has 4 aromatic rings. The van der Waals surface area contributed by atoms with Crippen molar-refractivity contribution in [1.82, 2.24) is 0 Å². The molecule has 0 aromatic heterocycles. The fourth-order valence-electron chi connectivity index (χ4n) is 7.16. The van der Waals surface area contributed by atoms with E-state index in [1.54, 1.807) is 84.9 Å². The first-order valence-corrected chi connectivity index (χ1v) is 22.0. The molecule has 0 spiro atoms. The molecule has 340 valence electrons. The van der Waals surface area contributed by atoms with E-state index in [1.165, 1.54) is 86.1 Å². The highest BCUT2D eigenvalue weighted by Crippen LogP contribution is 2.37. The second kappa shape index (κ2) is 27.0. The lowest BCUT2D eigenvalue weighted by molar-refractivity contribution is -0.122. The van der Waals surface area contributed by atoms with Crippen LogP contribution in [0.1, 0.15) is 120 Å². The van der Waals surface area contributed by atoms with E-state index < -0.39 is 22.4 Å². The van der Waals surface area contributed by atoms with Crippen molar-refractivity contribution in [2.24, 2.45) is 11.5 Å². The lowest BCUT2D eigenvalue weighted by Crippen LogP contribution is -2.31. The molecule has 4 aliphatic rings. The van der Waals surface area contributed by atoms with Gasteiger partial charge in [0.05, 0.1) is 33.0 Å². The number of carbonyl (C=O) groups excluding carboxylic acids is 4. The fourth-order valence-corrected chi connectivity index (χ4v) is 9.51. The number of amides is 4. The Labute approximate surface area is 381 Å². The number of imide groups is 2. The van der Waals surface area contributed by atoms with E-state index in [0.717, 1.165) is 23.5 Å². The number of rotatable bonds is 8. The standard InChI is InChI=1S/2C17H13NO4S.2C6H13N.3CH4/c2*19-15-10-14(16(20)18(15)11-6-2-1-3-7-11)23-13-9-5-4-8-12(13)17(21)22;2*7-6-4-2-1-3-5-6;;;/h2*1-9,14H,10H2,(H,21,22);2*6H,1-5,7H2;3*1H4. The summed E-state index contributed by atoms with van der Waals surface area (Å²) < 4.78 is 0. The van der Waals surface area contributed by atoms with Crippen molar-refractivity contribution >= 4 is 70.5 Å². The highest BCUT2D eigenvalue weighted by atomic mass is 32.2. The lowest BCUT2D eigenvalue weighted by Gasteiger charge is -2.15. The largest absolute Gasteiger partial charge is 0.478 e. The fraction of sp³-hybridized carbons (Fsp3) is 0.388. The van der Waals surface area contributed by atoms with Crippen LogP contribution in [0, 0.1) is 0 Å². The minimum atomic E-state index is -1.05. The van der Waals surface area contributed by atoms with Gasteiger partial charge in [-0.1, -0.05) is 121 Å². The Morgan fingerprint density at radius 2 is 0.778 bits per heavy atom. The molecule has 8 rings (SSSR count). The van der Waals surface area contributed by atoms with Crippen LogP contribution in [-0.2, 0) is 19.2 Å². The zero-order valence-corrected chi connectivity index (χ0v) is 35.0. The van der Waals surface area contributed by atoms with E-state index in [0.29, 0.717) is 33.2 Å². The van der Waals surface area contributed by atoms with Crippen molar-refractivity contribution in [3.8, 4) is 0 Å². The molecule has 12 nitrogen and oxygen atoms in total. The molecule has 0 bridgehead atoms. The van der Waals surface area contributed by atoms with Gasteiger partial charge in [-0.3, -0.25) is 19.2 Å². The van der Waals surface area contributed by atoms with Crippen LogP contribution >= 0.6 is 23.5 Å². The molecule has 63 heavy (non-hydrogen) atoms. The predicted molar refractivity (Wildman–Crippen MR) is 256 cm³/mol. The molecule has 2 heterocycles. The van der Waals surface area contributed by atoms with Crippen molar-refractivity contribution in [2.75, 3.05) is 9.80 Å². The molecular weight excluding hydrogens is 837 g/mol. The van der Waals surface area contributed by atoms with Gasteiger partial charge >= 0.3 is 11.9 Å². The molecule has 2 unspecified atom stereocenters. The van der Waals surface area contributed by atoms with Gasteiger partial charge in [0.1, 0.15) is 0 Å². The second-order valence-corrected chi connectivity index (χ2v) is 17.3. The van der Waals surface area contributed by atoms with E-state index in [4.69, 9.17) is 11.5 Å². The summed E-state index contributed by atoms with van der Waals surface area (Å²) >= 11 is 2.25. The SMILES string of the molecule is C.C.C.NC1CCCCC1.NC1CCCCC1.O=C(O)c1ccccc1SC1CC(=O)N(c2ccccc2)C1=O.O=C(O)c1ccccc1SC1CC(=O)N(c2ccccc2)C1=O. The summed E-state index contributed by atoms with van der Waals surface area (Å²) in [4.78, 5) is 75.3. The molecule has 6 N–H and O–H groups in total. The third-order valence-electron chi connectivity index (χ3n) is 10.3. The molecule has 4 aromatic carbocycles. The summed E-state index contributed by atoms with van der Waals surface area (Å²) in [6, 6.07) is 31.5. The molecular formula is C49H64N4O8S2. The van der Waals surface area contributed by atoms with E-state index in [1.807, 2.05) is 12.1 Å². The van der Waals surface area contributed by atoms with Gasteiger partial charge in [0.2, 0.25) is 23.6 Å². The highest BCUT2D eigenvalue weighted by molar-refractivity contribution is 8.01. The van der Waals surface area contributed by atoms with Gasteiger partial charge in [-0.05, 0) is 74.2 Å². The molecule has 4 fully saturated rings. The topological polar surface area (TPSA) is 201 Å². The number of anilines is 2. The summed E-state index contributed by atoms with van der Waals surface area (Å²) in [6.07, 6.45) is 13.4. The van der Waals surface area contributed by atoms with Crippen molar-refractivity contribution in [3.05, 3.63) is 120 Å². The summed E-state index contributed by atoms with van der Waals surface area (Å²) in [7, 11) is 0. The molecule has 4 amide bonds. The smallest absolute Gasteiger partial charge is 0.336 e. The van der Waals surface area contributed by atoms with Crippen molar-refractivity contribution < 1.29 is 39.0 Å². The molecule has 2 aliphatic carbocycles. The number of carboxylic acids is 2. The number of nitrogens with zero attached hydrogens (tertiary/aromatic N) is 2. The van der Waals surface area contributed by atoms with Crippen LogP contribution in [0.15, 0.2) is 119 Å². The maximum Gasteiger partial charge on any atom is 0.336 e. The Bertz CT molecular complexity index is 1940. The summed E-state index contributed by atoms with van der Waals surface area (Å²) in [5.74, 6) is -3.27. The third kappa shape index (κ3) is 15.5. The normalized spacial score (nSPS) is 18.4. The molecule has 0 radical (unpaired) electrons. The number of carbonyl (C=O) groups is 6. The maximum absolute atomic E-state index is 12.5. The molecule has 2 saturated carbocycles. The first-order chi connectivity index (χ1) is 28.9. The van der Waals surface area contributed by atoms with Crippen LogP contribution in [0.3, 0.4) is 0 Å². The van der Waals surface area contributed by atoms with E-state index in [-0.39, 0.29) is 69.9 Å². The second-order valence-electron chi connectivity index (χ2n) is 14.8. The summed E-state index contributed by atoms with van der Waals surface area (Å²) in [5, 5.41) is 17.2. The Morgan fingerprint density at radius 3 is 1.06 bits per heavy atom. The van der Waals surface area contributed by atoms with E-state index >= 15 is 0 Å². The van der Waals surface area contributed by atoms with Crippen LogP contribution < -0.4 is 21.3 Å². The first-order valence-electron chi connectivity index (χ1n) is 20.3. The van der Waals surface area contributed by atoms with Gasteiger partial charge in [0.15, 0.2) is 0 Å². The number of thioether (sulfide) groups is 2. The van der Waals surface area contributed by atoms with Crippen molar-refractivity contribution in [2.45, 2.75) is 132 Å². The predicted octanol–water partition coefficient (Wildman–Crippen LogP) is 10.1. The third-order valence-corrected chi connectivity index (χ3v) is 12.8. The minimum absolute atomic E-state index is 0. The van der Waals surface area contributed by atoms with Crippen LogP contribution in [0.2, 0.25) is 0 Å². The Balaban J connectivity index is 0.000000320. The molecule has 2 saturated heterocycles. The van der Waals surface area contributed by atoms with Gasteiger partial charge in [-0.15, -0.1) is 23.5 Å². The Morgan fingerprint density at radius 1 is 0.476 bits per heavy atom. The van der Waals surface area contributed by atoms with Crippen molar-refractivity contribution in [3.63, 3.8) is 0 Å². The average molecular weight is 901 g/mol. The molecule has 2 atom stereocenters. The number of hydrogen-bond donors (Lipinski definition) is 4. The number of aromatic carboxylic acids is 2. The van der Waals surface area contributed by atoms with Crippen molar-refractivity contribution in [1.29, 1.82) is 0 Å². The van der Waals surface area contributed by atoms with E-state index in [2.05, 4.69) is 0 Å². The van der Waals surface area contributed by atoms with Gasteiger partial charge in [0.25, 0.3) is 0 Å². The molecule has 2 aliphatic heterocycles. The zero-order chi connectivity index (χ0) is 43.0. The van der Waals surface area contributed by atoms with Gasteiger partial charge in [-0.25, -0.2) is 19.4 Å². The van der Waals surface area contributed by atoms with Gasteiger partial charge in [0, 0.05) is 34.7 Å². The van der Waals surface area contributed by atoms with Crippen LogP contribution in [0.5, 0.6) is 0 Å². The van der Waals surface area contributed by atoms with Crippen LogP contribution in [0.4, 0.5) is 11.4 Å². The quantitative estimate of drug-likeness (QED) is 0.122. The summed E-state index contributed by atoms with van der Waals surface area (Å²) in [5.41, 5.74) is 12.6. The number of carboxylic acid groups (broad SMARTS) is 2. The zero-order valence-electron chi connectivity index (χ0n) is 33.4. The number of para-hydroxylation sites is 2. The minimum Gasteiger partial charge on any atom is -0.478 e. The molecule has 14 heteroatoms. The maximum atomic E-state index is 12.5. The number of nitrogens with two attached hydrogens (primary N) is 2. The lowest BCUT2D eigenvalue weighted by atomic mass is 9.97. The Hall–Kier alpha value is -5.28. The number of hydrogen-bond acceptors (Lipinski definition) is 10. The highest BCUT2D eigenvalue weighted by Gasteiger charge is 2.41. The summed E-state index contributed by atoms with van der Waals surface area (Å²) in [6.45, 7) is 0. The monoisotopic (exact) mass is 900 g/mol. The van der Waals surface area contributed by atoms with Crippen LogP contribution in [0.25, 0.3) is 0 Å². The Kier molecular flexibility index (Phi) is 23.1. The number of benzene rings is 4. The van der Waals surface area contributed by atoms with Crippen LogP contribution in [-0.4, -0.2) is 68.4 Å². The van der Waals surface area contributed by atoms with E-state index in [9.17, 15) is 39.0 Å². The first kappa shape index (κ1) is 53.9. The van der Waals surface area contributed by atoms with Gasteiger partial charge in [-0.2, -0.15) is 0 Å². The van der Waals surface area contributed by atoms with Gasteiger partial charge < -0.3 is 21.7 Å².